The monoisotopic (exact) mass is 379 g/mol. The van der Waals surface area contributed by atoms with Crippen LogP contribution in [0.2, 0.25) is 0 Å². The lowest BCUT2D eigenvalue weighted by atomic mass is 10.1. The summed E-state index contributed by atoms with van der Waals surface area (Å²) in [6.45, 7) is 0. The van der Waals surface area contributed by atoms with Gasteiger partial charge in [0.2, 0.25) is 5.78 Å². The van der Waals surface area contributed by atoms with Crippen molar-refractivity contribution in [1.29, 1.82) is 0 Å². The molecule has 0 aliphatic heterocycles. The van der Waals surface area contributed by atoms with Crippen molar-refractivity contribution in [3.63, 3.8) is 0 Å². The molecule has 0 N–H and O–H groups in total. The van der Waals surface area contributed by atoms with Crippen LogP contribution in [-0.4, -0.2) is 29.6 Å². The SMILES string of the molecule is Cn1ccnc1C(=O)c1ccc(Sc2ncc3ccccn23)c([N+](=O)[O-])c1. The Bertz CT molecular complexity index is 1180. The third kappa shape index (κ3) is 3.08. The van der Waals surface area contributed by atoms with Crippen molar-refractivity contribution in [1.82, 2.24) is 18.9 Å². The number of hydrogen-bond acceptors (Lipinski definition) is 6. The molecular formula is C18H13N5O3S. The van der Waals surface area contributed by atoms with E-state index in [1.807, 2.05) is 28.8 Å². The van der Waals surface area contributed by atoms with E-state index in [0.29, 0.717) is 10.1 Å². The number of aromatic nitrogens is 4. The highest BCUT2D eigenvalue weighted by Gasteiger charge is 2.22. The zero-order valence-corrected chi connectivity index (χ0v) is 15.0. The number of nitro benzene ring substituents is 1. The molecule has 0 fully saturated rings. The Kier molecular flexibility index (Phi) is 4.21. The zero-order valence-electron chi connectivity index (χ0n) is 14.1. The third-order valence-corrected chi connectivity index (χ3v) is 5.10. The molecule has 4 rings (SSSR count). The summed E-state index contributed by atoms with van der Waals surface area (Å²) in [6, 6.07) is 10.1. The summed E-state index contributed by atoms with van der Waals surface area (Å²) in [5.74, 6) is -0.141. The van der Waals surface area contributed by atoms with Crippen LogP contribution in [0.15, 0.2) is 71.2 Å². The predicted octanol–water partition coefficient (Wildman–Crippen LogP) is 3.36. The molecule has 134 valence electrons. The first-order valence-electron chi connectivity index (χ1n) is 7.95. The molecule has 0 unspecified atom stereocenters. The Labute approximate surface area is 157 Å². The summed E-state index contributed by atoms with van der Waals surface area (Å²) in [7, 11) is 1.70. The molecule has 0 bridgehead atoms. The lowest BCUT2D eigenvalue weighted by Crippen LogP contribution is -2.09. The minimum Gasteiger partial charge on any atom is -0.331 e. The Morgan fingerprint density at radius 1 is 1.19 bits per heavy atom. The molecular weight excluding hydrogens is 366 g/mol. The topological polar surface area (TPSA) is 95.3 Å². The highest BCUT2D eigenvalue weighted by Crippen LogP contribution is 2.35. The first-order chi connectivity index (χ1) is 13.0. The molecule has 8 nitrogen and oxygen atoms in total. The second-order valence-corrected chi connectivity index (χ2v) is 6.78. The number of pyridine rings is 1. The normalized spacial score (nSPS) is 11.0. The largest absolute Gasteiger partial charge is 0.331 e. The van der Waals surface area contributed by atoms with Crippen molar-refractivity contribution in [3.05, 3.63) is 82.7 Å². The van der Waals surface area contributed by atoms with Crippen molar-refractivity contribution in [3.8, 4) is 0 Å². The molecule has 0 aliphatic carbocycles. The molecule has 0 saturated heterocycles. The number of aryl methyl sites for hydroxylation is 1. The van der Waals surface area contributed by atoms with Crippen LogP contribution in [0.4, 0.5) is 5.69 Å². The number of benzene rings is 1. The van der Waals surface area contributed by atoms with Crippen LogP contribution in [0.5, 0.6) is 0 Å². The third-order valence-electron chi connectivity index (χ3n) is 4.05. The average molecular weight is 379 g/mol. The van der Waals surface area contributed by atoms with Gasteiger partial charge in [-0.15, -0.1) is 0 Å². The molecule has 9 heteroatoms. The van der Waals surface area contributed by atoms with E-state index in [4.69, 9.17) is 0 Å². The Morgan fingerprint density at radius 2 is 2.04 bits per heavy atom. The van der Waals surface area contributed by atoms with Crippen LogP contribution in [0.25, 0.3) is 5.52 Å². The first-order valence-corrected chi connectivity index (χ1v) is 8.76. The van der Waals surface area contributed by atoms with Gasteiger partial charge in [-0.2, -0.15) is 0 Å². The molecule has 0 spiro atoms. The van der Waals surface area contributed by atoms with Gasteiger partial charge in [0.25, 0.3) is 5.69 Å². The molecule has 1 aromatic carbocycles. The smallest absolute Gasteiger partial charge is 0.284 e. The van der Waals surface area contributed by atoms with E-state index in [1.54, 1.807) is 36.1 Å². The van der Waals surface area contributed by atoms with Crippen LogP contribution >= 0.6 is 11.8 Å². The number of imidazole rings is 2. The van der Waals surface area contributed by atoms with Crippen molar-refractivity contribution in [2.24, 2.45) is 7.05 Å². The van der Waals surface area contributed by atoms with Crippen LogP contribution in [0, 0.1) is 10.1 Å². The maximum Gasteiger partial charge on any atom is 0.284 e. The van der Waals surface area contributed by atoms with Gasteiger partial charge in [0, 0.05) is 37.3 Å². The molecule has 3 heterocycles. The predicted molar refractivity (Wildman–Crippen MR) is 99.1 cm³/mol. The maximum absolute atomic E-state index is 12.6. The Morgan fingerprint density at radius 3 is 2.78 bits per heavy atom. The van der Waals surface area contributed by atoms with Crippen LogP contribution in [0.3, 0.4) is 0 Å². The molecule has 0 aliphatic rings. The first kappa shape index (κ1) is 17.0. The standard InChI is InChI=1S/C18H13N5O3S/c1-21-9-7-19-17(21)16(24)12-5-6-15(14(10-12)23(25)26)27-18-20-11-13-4-2-3-8-22(13)18/h2-11H,1H3. The summed E-state index contributed by atoms with van der Waals surface area (Å²) in [5, 5.41) is 12.2. The van der Waals surface area contributed by atoms with Gasteiger partial charge in [0.05, 0.1) is 21.5 Å². The summed E-state index contributed by atoms with van der Waals surface area (Å²) in [4.78, 5) is 32.4. The fourth-order valence-corrected chi connectivity index (χ4v) is 3.64. The maximum atomic E-state index is 12.6. The fraction of sp³-hybridized carbons (Fsp3) is 0.0556. The highest BCUT2D eigenvalue weighted by molar-refractivity contribution is 7.99. The van der Waals surface area contributed by atoms with Gasteiger partial charge in [-0.25, -0.2) is 9.97 Å². The summed E-state index contributed by atoms with van der Waals surface area (Å²) >= 11 is 1.18. The number of carbonyl (C=O) groups excluding carboxylic acids is 1. The summed E-state index contributed by atoms with van der Waals surface area (Å²) in [6.07, 6.45) is 6.70. The van der Waals surface area contributed by atoms with E-state index in [0.717, 1.165) is 5.52 Å². The highest BCUT2D eigenvalue weighted by atomic mass is 32.2. The number of fused-ring (bicyclic) bond motifs is 1. The van der Waals surface area contributed by atoms with Gasteiger partial charge in [-0.05, 0) is 36.0 Å². The van der Waals surface area contributed by atoms with Gasteiger partial charge >= 0.3 is 0 Å². The molecule has 0 saturated carbocycles. The van der Waals surface area contributed by atoms with E-state index in [-0.39, 0.29) is 22.9 Å². The lowest BCUT2D eigenvalue weighted by Gasteiger charge is -2.06. The minimum absolute atomic E-state index is 0.146. The van der Waals surface area contributed by atoms with E-state index in [1.165, 1.54) is 24.0 Å². The second kappa shape index (κ2) is 6.69. The van der Waals surface area contributed by atoms with E-state index >= 15 is 0 Å². The average Bonchev–Trinajstić information content (AvgIpc) is 3.28. The Hall–Kier alpha value is -3.46. The number of hydrogen-bond donors (Lipinski definition) is 0. The quantitative estimate of drug-likeness (QED) is 0.300. The van der Waals surface area contributed by atoms with Gasteiger partial charge < -0.3 is 4.57 Å². The number of nitro groups is 1. The molecule has 0 radical (unpaired) electrons. The molecule has 4 aromatic rings. The van der Waals surface area contributed by atoms with Crippen molar-refractivity contribution < 1.29 is 9.72 Å². The van der Waals surface area contributed by atoms with E-state index in [2.05, 4.69) is 9.97 Å². The van der Waals surface area contributed by atoms with Gasteiger partial charge in [-0.1, -0.05) is 6.07 Å². The summed E-state index contributed by atoms with van der Waals surface area (Å²) in [5.41, 5.74) is 0.963. The van der Waals surface area contributed by atoms with Crippen LogP contribution in [0.1, 0.15) is 16.2 Å². The van der Waals surface area contributed by atoms with E-state index in [9.17, 15) is 14.9 Å². The lowest BCUT2D eigenvalue weighted by molar-refractivity contribution is -0.387. The molecule has 3 aromatic heterocycles. The molecule has 27 heavy (non-hydrogen) atoms. The van der Waals surface area contributed by atoms with Gasteiger partial charge in [-0.3, -0.25) is 19.3 Å². The zero-order chi connectivity index (χ0) is 19.0. The summed E-state index contributed by atoms with van der Waals surface area (Å²) < 4.78 is 3.43. The molecule has 0 atom stereocenters. The van der Waals surface area contributed by atoms with Crippen molar-refractivity contribution >= 4 is 28.7 Å². The van der Waals surface area contributed by atoms with Crippen LogP contribution < -0.4 is 0 Å². The number of ketones is 1. The van der Waals surface area contributed by atoms with Gasteiger partial charge in [0.1, 0.15) is 0 Å². The fourth-order valence-electron chi connectivity index (χ4n) is 2.69. The molecule has 0 amide bonds. The van der Waals surface area contributed by atoms with Crippen molar-refractivity contribution in [2.45, 2.75) is 10.1 Å². The number of nitrogens with zero attached hydrogens (tertiary/aromatic N) is 5. The van der Waals surface area contributed by atoms with Crippen LogP contribution in [-0.2, 0) is 7.05 Å². The number of carbonyl (C=O) groups is 1. The Balaban J connectivity index is 1.72. The second-order valence-electron chi connectivity index (χ2n) is 5.77. The minimum atomic E-state index is -0.493. The van der Waals surface area contributed by atoms with Gasteiger partial charge in [0.15, 0.2) is 11.0 Å². The number of rotatable bonds is 5. The van der Waals surface area contributed by atoms with E-state index < -0.39 is 4.92 Å². The van der Waals surface area contributed by atoms with Crippen molar-refractivity contribution in [2.75, 3.05) is 0 Å².